The van der Waals surface area contributed by atoms with E-state index in [0.29, 0.717) is 0 Å². The van der Waals surface area contributed by atoms with Crippen LogP contribution in [0.3, 0.4) is 0 Å². The lowest BCUT2D eigenvalue weighted by atomic mass is 9.94. The Bertz CT molecular complexity index is 74.3. The van der Waals surface area contributed by atoms with E-state index in [-0.39, 0.29) is 5.54 Å². The molecule has 9 heavy (non-hydrogen) atoms. The first-order valence-corrected chi connectivity index (χ1v) is 3.57. The molecule has 0 amide bonds. The van der Waals surface area contributed by atoms with Crippen LogP contribution in [0.25, 0.3) is 0 Å². The molecule has 0 unspecified atom stereocenters. The van der Waals surface area contributed by atoms with Gasteiger partial charge in [0.2, 0.25) is 0 Å². The van der Waals surface area contributed by atoms with E-state index in [0.717, 1.165) is 12.8 Å². The van der Waals surface area contributed by atoms with Gasteiger partial charge in [-0.05, 0) is 19.9 Å². The van der Waals surface area contributed by atoms with Crippen molar-refractivity contribution in [1.82, 2.24) is 5.32 Å². The van der Waals surface area contributed by atoms with Gasteiger partial charge in [0.25, 0.3) is 0 Å². The lowest BCUT2D eigenvalue weighted by Gasteiger charge is -2.26. The average molecular weight is 127 g/mol. The summed E-state index contributed by atoms with van der Waals surface area (Å²) in [6.45, 7) is 8.12. The molecule has 0 aliphatic heterocycles. The third-order valence-electron chi connectivity index (χ3n) is 2.15. The number of hydrogen-bond donors (Lipinski definition) is 1. The Hall–Kier alpha value is -0.300. The Kier molecular flexibility index (Phi) is 3.55. The van der Waals surface area contributed by atoms with Gasteiger partial charge in [-0.1, -0.05) is 19.9 Å². The van der Waals surface area contributed by atoms with Crippen molar-refractivity contribution in [1.29, 1.82) is 0 Å². The van der Waals surface area contributed by atoms with Crippen LogP contribution in [0, 0.1) is 0 Å². The van der Waals surface area contributed by atoms with Gasteiger partial charge in [0.1, 0.15) is 0 Å². The van der Waals surface area contributed by atoms with E-state index in [1.165, 1.54) is 0 Å². The van der Waals surface area contributed by atoms with E-state index in [1.807, 2.05) is 13.1 Å². The molecular formula is C8H17N. The summed E-state index contributed by atoms with van der Waals surface area (Å²) in [6, 6.07) is 0. The fourth-order valence-corrected chi connectivity index (χ4v) is 0.994. The highest BCUT2D eigenvalue weighted by molar-refractivity contribution is 4.99. The van der Waals surface area contributed by atoms with Gasteiger partial charge in [-0.15, -0.1) is 6.58 Å². The van der Waals surface area contributed by atoms with Gasteiger partial charge in [0, 0.05) is 5.54 Å². The van der Waals surface area contributed by atoms with Crippen molar-refractivity contribution in [3.8, 4) is 0 Å². The minimum atomic E-state index is 0.181. The Morgan fingerprint density at radius 3 is 1.89 bits per heavy atom. The molecule has 0 saturated carbocycles. The first kappa shape index (κ1) is 8.70. The highest BCUT2D eigenvalue weighted by atomic mass is 14.9. The largest absolute Gasteiger partial charge is 0.311 e. The van der Waals surface area contributed by atoms with Crippen LogP contribution in [0.5, 0.6) is 0 Å². The molecule has 0 fully saturated rings. The lowest BCUT2D eigenvalue weighted by Crippen LogP contribution is -2.39. The summed E-state index contributed by atoms with van der Waals surface area (Å²) >= 11 is 0. The molecule has 1 heteroatoms. The number of likely N-dealkylation sites (N-methyl/N-ethyl adjacent to an activating group) is 1. The lowest BCUT2D eigenvalue weighted by molar-refractivity contribution is 0.409. The maximum atomic E-state index is 3.78. The zero-order chi connectivity index (χ0) is 7.33. The zero-order valence-corrected chi connectivity index (χ0v) is 6.70. The number of hydrogen-bond acceptors (Lipinski definition) is 1. The topological polar surface area (TPSA) is 12.0 Å². The van der Waals surface area contributed by atoms with E-state index in [1.54, 1.807) is 0 Å². The number of rotatable bonds is 4. The summed E-state index contributed by atoms with van der Waals surface area (Å²) in [5.74, 6) is 0. The molecule has 54 valence electrons. The van der Waals surface area contributed by atoms with Crippen LogP contribution in [0.1, 0.15) is 26.7 Å². The van der Waals surface area contributed by atoms with Crippen molar-refractivity contribution in [2.24, 2.45) is 0 Å². The first-order chi connectivity index (χ1) is 4.24. The minimum Gasteiger partial charge on any atom is -0.311 e. The Morgan fingerprint density at radius 2 is 1.89 bits per heavy atom. The second-order valence-corrected chi connectivity index (χ2v) is 2.32. The Balaban J connectivity index is 3.98. The van der Waals surface area contributed by atoms with Crippen LogP contribution in [0.2, 0.25) is 0 Å². The fraction of sp³-hybridized carbons (Fsp3) is 0.750. The van der Waals surface area contributed by atoms with Crippen LogP contribution in [-0.4, -0.2) is 12.6 Å². The smallest absolute Gasteiger partial charge is 0.0353 e. The van der Waals surface area contributed by atoms with E-state index < -0.39 is 0 Å². The molecule has 0 bridgehead atoms. The third-order valence-corrected chi connectivity index (χ3v) is 2.15. The van der Waals surface area contributed by atoms with E-state index in [9.17, 15) is 0 Å². The monoisotopic (exact) mass is 127 g/mol. The van der Waals surface area contributed by atoms with Crippen LogP contribution < -0.4 is 5.32 Å². The molecule has 1 N–H and O–H groups in total. The summed E-state index contributed by atoms with van der Waals surface area (Å²) in [5, 5.41) is 3.25. The van der Waals surface area contributed by atoms with Gasteiger partial charge < -0.3 is 5.32 Å². The number of nitrogens with one attached hydrogen (secondary N) is 1. The molecule has 0 radical (unpaired) electrons. The summed E-state index contributed by atoms with van der Waals surface area (Å²) < 4.78 is 0. The SMILES string of the molecule is C=CC(CC)(CC)NC. The van der Waals surface area contributed by atoms with E-state index in [2.05, 4.69) is 25.7 Å². The predicted molar refractivity (Wildman–Crippen MR) is 42.6 cm³/mol. The van der Waals surface area contributed by atoms with Crippen molar-refractivity contribution in [2.45, 2.75) is 32.2 Å². The van der Waals surface area contributed by atoms with Crippen molar-refractivity contribution < 1.29 is 0 Å². The highest BCUT2D eigenvalue weighted by Gasteiger charge is 2.17. The minimum absolute atomic E-state index is 0.181. The molecule has 0 aromatic heterocycles. The van der Waals surface area contributed by atoms with Crippen molar-refractivity contribution in [3.63, 3.8) is 0 Å². The molecule has 0 aliphatic carbocycles. The first-order valence-electron chi connectivity index (χ1n) is 3.57. The quantitative estimate of drug-likeness (QED) is 0.569. The van der Waals surface area contributed by atoms with Gasteiger partial charge in [-0.3, -0.25) is 0 Å². The molecule has 0 saturated heterocycles. The second-order valence-electron chi connectivity index (χ2n) is 2.32. The predicted octanol–water partition coefficient (Wildman–Crippen LogP) is 1.95. The van der Waals surface area contributed by atoms with Gasteiger partial charge in [-0.2, -0.15) is 0 Å². The van der Waals surface area contributed by atoms with E-state index in [4.69, 9.17) is 0 Å². The molecule has 0 atom stereocenters. The van der Waals surface area contributed by atoms with Gasteiger partial charge in [0.15, 0.2) is 0 Å². The van der Waals surface area contributed by atoms with Gasteiger partial charge >= 0.3 is 0 Å². The second kappa shape index (κ2) is 3.67. The summed E-state index contributed by atoms with van der Waals surface area (Å²) in [6.07, 6.45) is 4.22. The molecule has 0 aromatic carbocycles. The van der Waals surface area contributed by atoms with Crippen LogP contribution >= 0.6 is 0 Å². The van der Waals surface area contributed by atoms with Gasteiger partial charge in [0.05, 0.1) is 0 Å². The maximum absolute atomic E-state index is 3.78. The molecule has 0 aromatic rings. The molecular weight excluding hydrogens is 110 g/mol. The Labute approximate surface area is 58.2 Å². The molecule has 0 spiro atoms. The summed E-state index contributed by atoms with van der Waals surface area (Å²) in [4.78, 5) is 0. The standard InChI is InChI=1S/C8H17N/c1-5-8(6-2,7-3)9-4/h5,9H,1,6-7H2,2-4H3. The normalized spacial score (nSPS) is 11.4. The zero-order valence-electron chi connectivity index (χ0n) is 6.70. The third kappa shape index (κ3) is 1.83. The van der Waals surface area contributed by atoms with Crippen molar-refractivity contribution in [2.75, 3.05) is 7.05 Å². The summed E-state index contributed by atoms with van der Waals surface area (Å²) in [7, 11) is 1.98. The molecule has 0 aliphatic rings. The van der Waals surface area contributed by atoms with Crippen molar-refractivity contribution in [3.05, 3.63) is 12.7 Å². The van der Waals surface area contributed by atoms with Gasteiger partial charge in [-0.25, -0.2) is 0 Å². The maximum Gasteiger partial charge on any atom is 0.0353 e. The molecule has 0 rings (SSSR count). The Morgan fingerprint density at radius 1 is 1.44 bits per heavy atom. The highest BCUT2D eigenvalue weighted by Crippen LogP contribution is 2.14. The molecule has 0 heterocycles. The summed E-state index contributed by atoms with van der Waals surface area (Å²) in [5.41, 5.74) is 0.181. The van der Waals surface area contributed by atoms with Crippen LogP contribution in [0.4, 0.5) is 0 Å². The van der Waals surface area contributed by atoms with E-state index >= 15 is 0 Å². The van der Waals surface area contributed by atoms with Crippen LogP contribution in [-0.2, 0) is 0 Å². The van der Waals surface area contributed by atoms with Crippen LogP contribution in [0.15, 0.2) is 12.7 Å². The molecule has 1 nitrogen and oxygen atoms in total. The average Bonchev–Trinajstić information content (AvgIpc) is 1.95. The fourth-order valence-electron chi connectivity index (χ4n) is 0.994. The van der Waals surface area contributed by atoms with Crippen molar-refractivity contribution >= 4 is 0 Å².